The van der Waals surface area contributed by atoms with Crippen LogP contribution in [0.4, 0.5) is 0 Å². The van der Waals surface area contributed by atoms with Crippen molar-refractivity contribution in [2.45, 2.75) is 169 Å². The molecule has 0 aliphatic rings. The van der Waals surface area contributed by atoms with Gasteiger partial charge in [-0.15, -0.1) is 0 Å². The minimum absolute atomic E-state index is 0.954. The molecule has 0 aromatic carbocycles. The summed E-state index contributed by atoms with van der Waals surface area (Å²) in [6, 6.07) is 0. The van der Waals surface area contributed by atoms with Crippen LogP contribution in [0, 0.1) is 11.8 Å². The van der Waals surface area contributed by atoms with Gasteiger partial charge in [0.05, 0.1) is 0 Å². The van der Waals surface area contributed by atoms with Gasteiger partial charge in [-0.2, -0.15) is 0 Å². The van der Waals surface area contributed by atoms with E-state index >= 15 is 0 Å². The van der Waals surface area contributed by atoms with Crippen LogP contribution in [0.5, 0.6) is 0 Å². The molecule has 0 saturated carbocycles. The molecule has 0 rings (SSSR count). The average Bonchev–Trinajstić information content (AvgIpc) is 2.69. The molecule has 0 bridgehead atoms. The fourth-order valence-corrected chi connectivity index (χ4v) is 4.46. The van der Waals surface area contributed by atoms with Crippen molar-refractivity contribution in [3.8, 4) is 0 Å². The highest BCUT2D eigenvalue weighted by molar-refractivity contribution is 4.60. The monoisotopic (exact) mass is 394 g/mol. The molecule has 0 aromatic heterocycles. The van der Waals surface area contributed by atoms with E-state index < -0.39 is 0 Å². The van der Waals surface area contributed by atoms with Crippen LogP contribution in [-0.4, -0.2) is 0 Å². The van der Waals surface area contributed by atoms with Crippen LogP contribution in [0.15, 0.2) is 0 Å². The van der Waals surface area contributed by atoms with E-state index in [9.17, 15) is 0 Å². The van der Waals surface area contributed by atoms with Crippen molar-refractivity contribution in [3.63, 3.8) is 0 Å². The predicted molar refractivity (Wildman–Crippen MR) is 131 cm³/mol. The van der Waals surface area contributed by atoms with Crippen LogP contribution in [0.2, 0.25) is 0 Å². The molecular weight excluding hydrogens is 336 g/mol. The Morgan fingerprint density at radius 2 is 0.571 bits per heavy atom. The third kappa shape index (κ3) is 22.3. The van der Waals surface area contributed by atoms with Gasteiger partial charge in [-0.3, -0.25) is 0 Å². The highest BCUT2D eigenvalue weighted by Gasteiger charge is 2.07. The fraction of sp³-hybridized carbons (Fsp3) is 1.00. The molecule has 0 radical (unpaired) electrons. The van der Waals surface area contributed by atoms with E-state index in [1.807, 2.05) is 0 Å². The number of hydrogen-bond donors (Lipinski definition) is 0. The largest absolute Gasteiger partial charge is 0.0654 e. The van der Waals surface area contributed by atoms with Crippen molar-refractivity contribution >= 4 is 0 Å². The van der Waals surface area contributed by atoms with Crippen LogP contribution in [0.1, 0.15) is 169 Å². The Bertz CT molecular complexity index is 269. The van der Waals surface area contributed by atoms with Crippen molar-refractivity contribution < 1.29 is 0 Å². The van der Waals surface area contributed by atoms with Crippen LogP contribution in [0.25, 0.3) is 0 Å². The summed E-state index contributed by atoms with van der Waals surface area (Å²) in [5.74, 6) is 1.91. The second-order valence-corrected chi connectivity index (χ2v) is 10.0. The van der Waals surface area contributed by atoms with Crippen molar-refractivity contribution in [2.75, 3.05) is 0 Å². The zero-order valence-electron chi connectivity index (χ0n) is 20.7. The molecule has 0 saturated heterocycles. The number of hydrogen-bond acceptors (Lipinski definition) is 0. The molecule has 0 aromatic rings. The molecule has 0 aliphatic carbocycles. The standard InChI is InChI=1S/C28H58/c1-5-7-9-11-13-15-16-18-20-22-24-28(4)26-25-27(3)23-21-19-17-14-12-10-8-6-2/h27-28H,5-26H2,1-4H3. The number of unbranched alkanes of at least 4 members (excludes halogenated alkanes) is 16. The zero-order chi connectivity index (χ0) is 20.7. The van der Waals surface area contributed by atoms with Crippen LogP contribution in [0.3, 0.4) is 0 Å². The lowest BCUT2D eigenvalue weighted by Crippen LogP contribution is -2.01. The van der Waals surface area contributed by atoms with E-state index in [2.05, 4.69) is 27.7 Å². The van der Waals surface area contributed by atoms with Gasteiger partial charge in [0.2, 0.25) is 0 Å². The van der Waals surface area contributed by atoms with Gasteiger partial charge in [-0.25, -0.2) is 0 Å². The van der Waals surface area contributed by atoms with Gasteiger partial charge in [0.25, 0.3) is 0 Å². The maximum absolute atomic E-state index is 2.50. The Hall–Kier alpha value is 0. The third-order valence-corrected chi connectivity index (χ3v) is 6.75. The summed E-state index contributed by atoms with van der Waals surface area (Å²) in [5.41, 5.74) is 0. The first-order valence-electron chi connectivity index (χ1n) is 13.7. The molecule has 0 heterocycles. The highest BCUT2D eigenvalue weighted by Crippen LogP contribution is 2.22. The molecule has 170 valence electrons. The Kier molecular flexibility index (Phi) is 23.3. The topological polar surface area (TPSA) is 0 Å². The smallest absolute Gasteiger partial charge is 0.0443 e. The van der Waals surface area contributed by atoms with Crippen molar-refractivity contribution in [1.29, 1.82) is 0 Å². The van der Waals surface area contributed by atoms with Crippen molar-refractivity contribution in [1.82, 2.24) is 0 Å². The summed E-state index contributed by atoms with van der Waals surface area (Å²) in [5, 5.41) is 0. The molecule has 0 aliphatic heterocycles. The summed E-state index contributed by atoms with van der Waals surface area (Å²) in [6.45, 7) is 9.60. The van der Waals surface area contributed by atoms with Gasteiger partial charge in [0.15, 0.2) is 0 Å². The van der Waals surface area contributed by atoms with Crippen LogP contribution in [-0.2, 0) is 0 Å². The molecular formula is C28H58. The first-order valence-corrected chi connectivity index (χ1v) is 13.7. The summed E-state index contributed by atoms with van der Waals surface area (Å²) in [7, 11) is 0. The summed E-state index contributed by atoms with van der Waals surface area (Å²) < 4.78 is 0. The van der Waals surface area contributed by atoms with Crippen molar-refractivity contribution in [2.24, 2.45) is 11.8 Å². The Balaban J connectivity index is 3.29. The first kappa shape index (κ1) is 28.0. The predicted octanol–water partition coefficient (Wildman–Crippen LogP) is 10.9. The van der Waals surface area contributed by atoms with Gasteiger partial charge < -0.3 is 0 Å². The molecule has 0 amide bonds. The van der Waals surface area contributed by atoms with E-state index in [0.29, 0.717) is 0 Å². The van der Waals surface area contributed by atoms with Crippen LogP contribution < -0.4 is 0 Å². The Labute approximate surface area is 181 Å². The second-order valence-electron chi connectivity index (χ2n) is 10.0. The summed E-state index contributed by atoms with van der Waals surface area (Å²) in [6.07, 6.45) is 32.2. The molecule has 0 spiro atoms. The lowest BCUT2D eigenvalue weighted by Gasteiger charge is -2.15. The van der Waals surface area contributed by atoms with Gasteiger partial charge in [0.1, 0.15) is 0 Å². The van der Waals surface area contributed by atoms with Crippen LogP contribution >= 0.6 is 0 Å². The maximum Gasteiger partial charge on any atom is -0.0443 e. The van der Waals surface area contributed by atoms with Gasteiger partial charge in [-0.1, -0.05) is 169 Å². The summed E-state index contributed by atoms with van der Waals surface area (Å²) in [4.78, 5) is 0. The molecule has 0 fully saturated rings. The first-order chi connectivity index (χ1) is 13.7. The van der Waals surface area contributed by atoms with Gasteiger partial charge >= 0.3 is 0 Å². The molecule has 2 unspecified atom stereocenters. The second kappa shape index (κ2) is 23.3. The molecule has 0 nitrogen and oxygen atoms in total. The van der Waals surface area contributed by atoms with E-state index in [-0.39, 0.29) is 0 Å². The minimum atomic E-state index is 0.954. The van der Waals surface area contributed by atoms with E-state index in [4.69, 9.17) is 0 Å². The van der Waals surface area contributed by atoms with E-state index in [1.54, 1.807) is 0 Å². The quantitative estimate of drug-likeness (QED) is 0.151. The lowest BCUT2D eigenvalue weighted by atomic mass is 9.91. The van der Waals surface area contributed by atoms with E-state index in [1.165, 1.54) is 141 Å². The van der Waals surface area contributed by atoms with Gasteiger partial charge in [-0.05, 0) is 11.8 Å². The minimum Gasteiger partial charge on any atom is -0.0654 e. The number of rotatable bonds is 23. The van der Waals surface area contributed by atoms with Gasteiger partial charge in [0, 0.05) is 0 Å². The van der Waals surface area contributed by atoms with E-state index in [0.717, 1.165) is 11.8 Å². The Morgan fingerprint density at radius 3 is 0.857 bits per heavy atom. The highest BCUT2D eigenvalue weighted by atomic mass is 14.1. The zero-order valence-corrected chi connectivity index (χ0v) is 20.7. The molecule has 28 heavy (non-hydrogen) atoms. The molecule has 0 heteroatoms. The maximum atomic E-state index is 2.50. The van der Waals surface area contributed by atoms with Crippen molar-refractivity contribution in [3.05, 3.63) is 0 Å². The SMILES string of the molecule is CCCCCCCCCCCCC(C)CCC(C)CCCCCCCCCC. The lowest BCUT2D eigenvalue weighted by molar-refractivity contribution is 0.377. The Morgan fingerprint density at radius 1 is 0.321 bits per heavy atom. The summed E-state index contributed by atoms with van der Waals surface area (Å²) >= 11 is 0. The normalized spacial score (nSPS) is 13.7. The third-order valence-electron chi connectivity index (χ3n) is 6.75. The average molecular weight is 395 g/mol. The molecule has 2 atom stereocenters. The fourth-order valence-electron chi connectivity index (χ4n) is 4.46. The molecule has 0 N–H and O–H groups in total.